The Kier molecular flexibility index (Phi) is 7.87. The highest BCUT2D eigenvalue weighted by molar-refractivity contribution is 7.92. The van der Waals surface area contributed by atoms with E-state index >= 15 is 0 Å². The van der Waals surface area contributed by atoms with Crippen molar-refractivity contribution in [3.63, 3.8) is 0 Å². The maximum atomic E-state index is 12.9. The molecule has 3 aromatic carbocycles. The summed E-state index contributed by atoms with van der Waals surface area (Å²) in [5, 5.41) is 5.48. The Morgan fingerprint density at radius 3 is 2.31 bits per heavy atom. The molecule has 0 aromatic heterocycles. The molecule has 1 unspecified atom stereocenters. The summed E-state index contributed by atoms with van der Waals surface area (Å²) in [6, 6.07) is 17.2. The maximum absolute atomic E-state index is 12.9. The molecule has 0 bridgehead atoms. The SMILES string of the molecule is CCC(C(=O)NCCOc1ccc2ccccc2c1)N(c1cc(Cl)cc(Cl)c1)S(C)(=O)=O. The summed E-state index contributed by atoms with van der Waals surface area (Å²) in [4.78, 5) is 12.9. The number of benzene rings is 3. The smallest absolute Gasteiger partial charge is 0.244 e. The Morgan fingerprint density at radius 2 is 1.69 bits per heavy atom. The molecule has 0 aliphatic carbocycles. The molecular formula is C23H24Cl2N2O4S. The predicted octanol–water partition coefficient (Wildman–Crippen LogP) is 4.89. The molecule has 0 radical (unpaired) electrons. The molecule has 1 N–H and O–H groups in total. The molecule has 9 heteroatoms. The van der Waals surface area contributed by atoms with Crippen LogP contribution in [0.15, 0.2) is 60.7 Å². The molecule has 1 atom stereocenters. The Labute approximate surface area is 198 Å². The van der Waals surface area contributed by atoms with Gasteiger partial charge in [0.05, 0.1) is 18.5 Å². The van der Waals surface area contributed by atoms with Crippen molar-refractivity contribution >= 4 is 55.6 Å². The van der Waals surface area contributed by atoms with Gasteiger partial charge in [-0.15, -0.1) is 0 Å². The van der Waals surface area contributed by atoms with E-state index in [1.54, 1.807) is 6.92 Å². The van der Waals surface area contributed by atoms with Gasteiger partial charge in [0.25, 0.3) is 0 Å². The van der Waals surface area contributed by atoms with Gasteiger partial charge in [-0.25, -0.2) is 8.42 Å². The van der Waals surface area contributed by atoms with Crippen molar-refractivity contribution in [2.45, 2.75) is 19.4 Å². The van der Waals surface area contributed by atoms with Gasteiger partial charge in [0, 0.05) is 10.0 Å². The van der Waals surface area contributed by atoms with Crippen LogP contribution in [-0.2, 0) is 14.8 Å². The van der Waals surface area contributed by atoms with Crippen molar-refractivity contribution in [2.75, 3.05) is 23.7 Å². The standard InChI is InChI=1S/C23H24Cl2N2O4S/c1-3-22(27(32(2,29)30)20-14-18(24)13-19(25)15-20)23(28)26-10-11-31-21-9-8-16-6-4-5-7-17(16)12-21/h4-9,12-15,22H,3,10-11H2,1-2H3,(H,26,28). The van der Waals surface area contributed by atoms with Crippen molar-refractivity contribution in [1.82, 2.24) is 5.32 Å². The maximum Gasteiger partial charge on any atom is 0.244 e. The van der Waals surface area contributed by atoms with Crippen LogP contribution in [0.5, 0.6) is 5.75 Å². The van der Waals surface area contributed by atoms with Gasteiger partial charge in [-0.3, -0.25) is 9.10 Å². The average Bonchev–Trinajstić information content (AvgIpc) is 2.73. The van der Waals surface area contributed by atoms with Crippen molar-refractivity contribution < 1.29 is 17.9 Å². The van der Waals surface area contributed by atoms with E-state index in [4.69, 9.17) is 27.9 Å². The van der Waals surface area contributed by atoms with E-state index in [-0.39, 0.29) is 35.3 Å². The normalized spacial score (nSPS) is 12.4. The Hall–Kier alpha value is -2.48. The summed E-state index contributed by atoms with van der Waals surface area (Å²) in [7, 11) is -3.78. The highest BCUT2D eigenvalue weighted by Gasteiger charge is 2.31. The summed E-state index contributed by atoms with van der Waals surface area (Å²) in [5.41, 5.74) is 0.236. The topological polar surface area (TPSA) is 75.7 Å². The number of nitrogens with one attached hydrogen (secondary N) is 1. The number of hydrogen-bond acceptors (Lipinski definition) is 4. The number of carbonyl (C=O) groups is 1. The lowest BCUT2D eigenvalue weighted by Crippen LogP contribution is -2.50. The minimum Gasteiger partial charge on any atom is -0.492 e. The minimum atomic E-state index is -3.78. The quantitative estimate of drug-likeness (QED) is 0.429. The average molecular weight is 495 g/mol. The van der Waals surface area contributed by atoms with Gasteiger partial charge < -0.3 is 10.1 Å². The number of nitrogens with zero attached hydrogens (tertiary/aromatic N) is 1. The van der Waals surface area contributed by atoms with Crippen LogP contribution >= 0.6 is 23.2 Å². The second kappa shape index (κ2) is 10.4. The van der Waals surface area contributed by atoms with Crippen LogP contribution in [0.25, 0.3) is 10.8 Å². The molecule has 0 saturated carbocycles. The zero-order valence-corrected chi connectivity index (χ0v) is 20.0. The molecule has 32 heavy (non-hydrogen) atoms. The van der Waals surface area contributed by atoms with Crippen molar-refractivity contribution in [3.8, 4) is 5.75 Å². The van der Waals surface area contributed by atoms with Crippen molar-refractivity contribution in [2.24, 2.45) is 0 Å². The van der Waals surface area contributed by atoms with Gasteiger partial charge in [0.15, 0.2) is 0 Å². The summed E-state index contributed by atoms with van der Waals surface area (Å²) in [6.07, 6.45) is 1.30. The first-order chi connectivity index (χ1) is 15.2. The first kappa shape index (κ1) is 24.2. The van der Waals surface area contributed by atoms with E-state index in [1.807, 2.05) is 42.5 Å². The summed E-state index contributed by atoms with van der Waals surface area (Å²) in [6.45, 7) is 2.19. The minimum absolute atomic E-state index is 0.218. The highest BCUT2D eigenvalue weighted by Crippen LogP contribution is 2.29. The highest BCUT2D eigenvalue weighted by atomic mass is 35.5. The van der Waals surface area contributed by atoms with E-state index in [9.17, 15) is 13.2 Å². The molecule has 170 valence electrons. The number of rotatable bonds is 9. The van der Waals surface area contributed by atoms with Crippen LogP contribution in [-0.4, -0.2) is 39.8 Å². The van der Waals surface area contributed by atoms with Crippen LogP contribution in [0, 0.1) is 0 Å². The number of sulfonamides is 1. The number of fused-ring (bicyclic) bond motifs is 1. The Balaban J connectivity index is 1.66. The fourth-order valence-electron chi connectivity index (χ4n) is 3.44. The molecule has 3 aromatic rings. The van der Waals surface area contributed by atoms with Crippen LogP contribution in [0.2, 0.25) is 10.0 Å². The molecule has 0 aliphatic heterocycles. The summed E-state index contributed by atoms with van der Waals surface area (Å²) in [5.74, 6) is 0.257. The molecule has 1 amide bonds. The van der Waals surface area contributed by atoms with Gasteiger partial charge in [-0.1, -0.05) is 60.5 Å². The Bertz CT molecular complexity index is 1200. The van der Waals surface area contributed by atoms with E-state index in [2.05, 4.69) is 5.32 Å². The van der Waals surface area contributed by atoms with E-state index < -0.39 is 22.0 Å². The van der Waals surface area contributed by atoms with Crippen molar-refractivity contribution in [1.29, 1.82) is 0 Å². The fraction of sp³-hybridized carbons (Fsp3) is 0.261. The van der Waals surface area contributed by atoms with Gasteiger partial charge in [0.2, 0.25) is 15.9 Å². The molecule has 0 aliphatic rings. The zero-order valence-electron chi connectivity index (χ0n) is 17.7. The molecule has 0 saturated heterocycles. The van der Waals surface area contributed by atoms with Gasteiger partial charge in [-0.2, -0.15) is 0 Å². The molecule has 3 rings (SSSR count). The summed E-state index contributed by atoms with van der Waals surface area (Å²) < 4.78 is 31.8. The summed E-state index contributed by atoms with van der Waals surface area (Å²) >= 11 is 12.1. The molecule has 0 spiro atoms. The Morgan fingerprint density at radius 1 is 1.03 bits per heavy atom. The lowest BCUT2D eigenvalue weighted by Gasteiger charge is -2.30. The third-order valence-corrected chi connectivity index (χ3v) is 6.44. The molecular weight excluding hydrogens is 471 g/mol. The van der Waals surface area contributed by atoms with Gasteiger partial charge >= 0.3 is 0 Å². The van der Waals surface area contributed by atoms with E-state index in [1.165, 1.54) is 18.2 Å². The van der Waals surface area contributed by atoms with Gasteiger partial charge in [-0.05, 0) is 47.5 Å². The zero-order chi connectivity index (χ0) is 23.3. The third kappa shape index (κ3) is 6.06. The number of anilines is 1. The van der Waals surface area contributed by atoms with Crippen LogP contribution in [0.3, 0.4) is 0 Å². The molecule has 0 heterocycles. The second-order valence-corrected chi connectivity index (χ2v) is 9.99. The first-order valence-corrected chi connectivity index (χ1v) is 12.6. The largest absolute Gasteiger partial charge is 0.492 e. The van der Waals surface area contributed by atoms with E-state index in [0.717, 1.165) is 21.3 Å². The number of amides is 1. The first-order valence-electron chi connectivity index (χ1n) is 10.0. The monoisotopic (exact) mass is 494 g/mol. The van der Waals surface area contributed by atoms with Crippen LogP contribution in [0.4, 0.5) is 5.69 Å². The van der Waals surface area contributed by atoms with Gasteiger partial charge in [0.1, 0.15) is 18.4 Å². The molecule has 6 nitrogen and oxygen atoms in total. The lowest BCUT2D eigenvalue weighted by atomic mass is 10.1. The van der Waals surface area contributed by atoms with E-state index in [0.29, 0.717) is 5.75 Å². The lowest BCUT2D eigenvalue weighted by molar-refractivity contribution is -0.122. The predicted molar refractivity (Wildman–Crippen MR) is 130 cm³/mol. The van der Waals surface area contributed by atoms with Crippen LogP contribution in [0.1, 0.15) is 13.3 Å². The number of carbonyl (C=O) groups excluding carboxylic acids is 1. The van der Waals surface area contributed by atoms with Crippen molar-refractivity contribution in [3.05, 3.63) is 70.7 Å². The number of hydrogen-bond donors (Lipinski definition) is 1. The molecule has 0 fully saturated rings. The fourth-order valence-corrected chi connectivity index (χ4v) is 5.15. The number of halogens is 2. The number of ether oxygens (including phenoxy) is 1. The third-order valence-electron chi connectivity index (χ3n) is 4.82. The van der Waals surface area contributed by atoms with Crippen LogP contribution < -0.4 is 14.4 Å². The second-order valence-electron chi connectivity index (χ2n) is 7.26.